The van der Waals surface area contributed by atoms with Crippen LogP contribution in [0, 0.1) is 0 Å². The van der Waals surface area contributed by atoms with Gasteiger partial charge in [-0.25, -0.2) is 0 Å². The van der Waals surface area contributed by atoms with E-state index in [1.165, 1.54) is 36.4 Å². The van der Waals surface area contributed by atoms with Crippen LogP contribution in [0.1, 0.15) is 0 Å². The Morgan fingerprint density at radius 2 is 0.917 bits per heavy atom. The molecular weight excluding hydrogens is 420 g/mol. The number of hydrogen-bond acceptors (Lipinski definition) is 8. The first-order valence-electron chi connectivity index (χ1n) is 5.35. The fourth-order valence-electron chi connectivity index (χ4n) is 1.48. The summed E-state index contributed by atoms with van der Waals surface area (Å²) in [6.45, 7) is 0. The fraction of sp³-hybridized carbons (Fsp3) is 0. The molecule has 8 nitrogen and oxygen atoms in total. The molecule has 0 radical (unpaired) electrons. The molecule has 12 heteroatoms. The minimum absolute atomic E-state index is 0. The van der Waals surface area contributed by atoms with Crippen LogP contribution in [-0.4, -0.2) is 20.4 Å². The molecular formula is C12H10K3O8P. The Balaban J connectivity index is -0.000000490. The zero-order valence-electron chi connectivity index (χ0n) is 13.3. The van der Waals surface area contributed by atoms with Crippen molar-refractivity contribution in [2.75, 3.05) is 0 Å². The Morgan fingerprint density at radius 1 is 0.667 bits per heavy atom. The molecule has 0 aromatic heterocycles. The van der Waals surface area contributed by atoms with Crippen LogP contribution in [0.25, 0.3) is 11.1 Å². The van der Waals surface area contributed by atoms with Crippen LogP contribution in [0.3, 0.4) is 0 Å². The topological polar surface area (TPSA) is 167 Å². The molecule has 0 unspecified atom stereocenters. The second-order valence-corrected chi connectivity index (χ2v) is 4.74. The molecule has 24 heavy (non-hydrogen) atoms. The van der Waals surface area contributed by atoms with E-state index in [2.05, 4.69) is 0 Å². The van der Waals surface area contributed by atoms with E-state index < -0.39 is 7.82 Å². The van der Waals surface area contributed by atoms with Gasteiger partial charge in [0, 0.05) is 11.1 Å². The molecule has 2 rings (SSSR count). The zero-order valence-corrected chi connectivity index (χ0v) is 23.6. The Hall–Kier alpha value is 2.66. The second kappa shape index (κ2) is 14.6. The van der Waals surface area contributed by atoms with Gasteiger partial charge in [-0.3, -0.25) is 0 Å². The second-order valence-electron chi connectivity index (χ2n) is 3.85. The maximum Gasteiger partial charge on any atom is 1.00 e. The van der Waals surface area contributed by atoms with Crippen LogP contribution in [0.2, 0.25) is 0 Å². The molecule has 0 aliphatic carbocycles. The van der Waals surface area contributed by atoms with Crippen LogP contribution in [0.15, 0.2) is 36.4 Å². The van der Waals surface area contributed by atoms with E-state index in [1.54, 1.807) is 0 Å². The van der Waals surface area contributed by atoms with Gasteiger partial charge in [0.15, 0.2) is 0 Å². The average molecular weight is 430 g/mol. The summed E-state index contributed by atoms with van der Waals surface area (Å²) in [5.74, 6) is -0.233. The quantitative estimate of drug-likeness (QED) is 0.197. The molecule has 0 aliphatic rings. The first-order valence-corrected chi connectivity index (χ1v) is 6.81. The summed E-state index contributed by atoms with van der Waals surface area (Å²) in [5.41, 5.74) is 0.516. The number of phenols is 4. The van der Waals surface area contributed by atoms with E-state index in [4.69, 9.17) is 19.2 Å². The monoisotopic (exact) mass is 430 g/mol. The first-order chi connectivity index (χ1) is 9.58. The van der Waals surface area contributed by atoms with E-state index in [9.17, 15) is 20.4 Å². The molecule has 4 N–H and O–H groups in total. The van der Waals surface area contributed by atoms with Crippen molar-refractivity contribution in [3.05, 3.63) is 36.4 Å². The van der Waals surface area contributed by atoms with Gasteiger partial charge in [-0.05, 0) is 36.4 Å². The maximum absolute atomic E-state index is 9.60. The molecule has 0 amide bonds. The zero-order chi connectivity index (χ0) is 16.2. The Labute approximate surface area is 265 Å². The third-order valence-electron chi connectivity index (χ3n) is 2.25. The Morgan fingerprint density at radius 3 is 1.17 bits per heavy atom. The van der Waals surface area contributed by atoms with Crippen molar-refractivity contribution in [2.24, 2.45) is 0 Å². The number of aromatic hydroxyl groups is 4. The van der Waals surface area contributed by atoms with E-state index in [1.807, 2.05) is 0 Å². The summed E-state index contributed by atoms with van der Waals surface area (Å²) in [7, 11) is -5.39. The number of rotatable bonds is 1. The van der Waals surface area contributed by atoms with Crippen molar-refractivity contribution in [3.63, 3.8) is 0 Å². The molecule has 0 heterocycles. The minimum Gasteiger partial charge on any atom is -0.822 e. The van der Waals surface area contributed by atoms with Crippen molar-refractivity contribution in [3.8, 4) is 34.1 Å². The number of benzene rings is 2. The van der Waals surface area contributed by atoms with Gasteiger partial charge in [-0.2, -0.15) is 7.82 Å². The van der Waals surface area contributed by atoms with Gasteiger partial charge >= 0.3 is 154 Å². The summed E-state index contributed by atoms with van der Waals surface area (Å²) in [6, 6.07) is 7.91. The van der Waals surface area contributed by atoms with Crippen molar-refractivity contribution < 1.29 is 194 Å². The smallest absolute Gasteiger partial charge is 0.822 e. The van der Waals surface area contributed by atoms with Gasteiger partial charge in [0.2, 0.25) is 0 Å². The summed E-state index contributed by atoms with van der Waals surface area (Å²) in [6.07, 6.45) is 0. The Kier molecular flexibility index (Phi) is 19.1. The first kappa shape index (κ1) is 31.4. The van der Waals surface area contributed by atoms with Crippen LogP contribution < -0.4 is 169 Å². The molecule has 0 spiro atoms. The van der Waals surface area contributed by atoms with Gasteiger partial charge in [-0.1, -0.05) is 0 Å². The summed E-state index contributed by atoms with van der Waals surface area (Å²) in [4.78, 5) is 25.6. The van der Waals surface area contributed by atoms with Gasteiger partial charge in [0.05, 0.1) is 0 Å². The number of phosphoric acid groups is 1. The van der Waals surface area contributed by atoms with Crippen molar-refractivity contribution in [2.45, 2.75) is 0 Å². The molecule has 2 aromatic rings. The van der Waals surface area contributed by atoms with Crippen LogP contribution in [0.5, 0.6) is 23.0 Å². The predicted octanol–water partition coefficient (Wildman–Crippen LogP) is -9.64. The van der Waals surface area contributed by atoms with E-state index in [0.717, 1.165) is 0 Å². The van der Waals surface area contributed by atoms with Crippen LogP contribution >= 0.6 is 7.82 Å². The molecule has 0 fully saturated rings. The Bertz CT molecular complexity index is 634. The minimum atomic E-state index is -5.39. The summed E-state index contributed by atoms with van der Waals surface area (Å²) < 4.78 is 8.55. The largest absolute Gasteiger partial charge is 1.00 e. The maximum atomic E-state index is 9.60. The van der Waals surface area contributed by atoms with Crippen molar-refractivity contribution in [1.82, 2.24) is 0 Å². The third-order valence-corrected chi connectivity index (χ3v) is 2.25. The SMILES string of the molecule is O=P([O-])([O-])[O-].Oc1ccc(O)c(-c2cc(O)ccc2O)c1.[K+].[K+].[K+]. The van der Waals surface area contributed by atoms with Crippen LogP contribution in [0.4, 0.5) is 0 Å². The van der Waals surface area contributed by atoms with E-state index in [0.29, 0.717) is 0 Å². The molecule has 0 saturated carbocycles. The van der Waals surface area contributed by atoms with Crippen molar-refractivity contribution in [1.29, 1.82) is 0 Å². The third kappa shape index (κ3) is 12.9. The van der Waals surface area contributed by atoms with E-state index >= 15 is 0 Å². The van der Waals surface area contributed by atoms with Gasteiger partial charge in [0.25, 0.3) is 0 Å². The number of phenolic OH excluding ortho intramolecular Hbond substituents is 4. The van der Waals surface area contributed by atoms with Gasteiger partial charge in [-0.15, -0.1) is 0 Å². The summed E-state index contributed by atoms with van der Waals surface area (Å²) in [5, 5.41) is 37.8. The molecule has 0 atom stereocenters. The van der Waals surface area contributed by atoms with Crippen molar-refractivity contribution >= 4 is 7.82 Å². The normalized spacial score (nSPS) is 9.29. The summed E-state index contributed by atoms with van der Waals surface area (Å²) >= 11 is 0. The number of hydrogen-bond donors (Lipinski definition) is 4. The average Bonchev–Trinajstić information content (AvgIpc) is 2.33. The molecule has 0 bridgehead atoms. The molecule has 0 aliphatic heterocycles. The standard InChI is InChI=1S/C12H10O4.3K.H3O4P/c13-7-1-3-11(15)9(5-7)10-6-8(14)2-4-12(10)16;;;;1-5(2,3)4/h1-6,13-16H;;;;(H3,1,2,3,4)/q;3*+1;/p-3. The molecule has 114 valence electrons. The van der Waals surface area contributed by atoms with Gasteiger partial charge in [0.1, 0.15) is 23.0 Å². The fourth-order valence-corrected chi connectivity index (χ4v) is 1.48. The molecule has 0 saturated heterocycles. The van der Waals surface area contributed by atoms with E-state index in [-0.39, 0.29) is 188 Å². The predicted molar refractivity (Wildman–Crippen MR) is 66.1 cm³/mol. The van der Waals surface area contributed by atoms with Crippen LogP contribution in [-0.2, 0) is 4.57 Å². The molecule has 2 aromatic carbocycles. The van der Waals surface area contributed by atoms with Gasteiger partial charge < -0.3 is 39.7 Å².